The number of benzene rings is 2. The number of anilines is 1. The highest BCUT2D eigenvalue weighted by molar-refractivity contribution is 6.33. The molecule has 1 saturated heterocycles. The first-order chi connectivity index (χ1) is 13.2. The summed E-state index contributed by atoms with van der Waals surface area (Å²) < 4.78 is 6.83. The van der Waals surface area contributed by atoms with E-state index in [9.17, 15) is 4.79 Å². The molecule has 5 nitrogen and oxygen atoms in total. The van der Waals surface area contributed by atoms with Gasteiger partial charge in [0.1, 0.15) is 10.8 Å². The Hall–Kier alpha value is -2.79. The lowest BCUT2D eigenvalue weighted by atomic mass is 9.97. The second-order valence-corrected chi connectivity index (χ2v) is 6.95. The normalized spacial score (nSPS) is 16.5. The van der Waals surface area contributed by atoms with Gasteiger partial charge in [-0.15, -0.1) is 0 Å². The van der Waals surface area contributed by atoms with Gasteiger partial charge >= 0.3 is 0 Å². The second-order valence-electron chi connectivity index (χ2n) is 6.57. The molecule has 1 aliphatic rings. The molecule has 3 aromatic rings. The molecule has 0 saturated carbocycles. The van der Waals surface area contributed by atoms with Crippen molar-refractivity contribution in [1.29, 1.82) is 0 Å². The van der Waals surface area contributed by atoms with Gasteiger partial charge in [0.2, 0.25) is 0 Å². The minimum atomic E-state index is -0.305. The molecule has 2 aromatic carbocycles. The van der Waals surface area contributed by atoms with Gasteiger partial charge < -0.3 is 9.64 Å². The van der Waals surface area contributed by atoms with E-state index >= 15 is 0 Å². The molecule has 1 unspecified atom stereocenters. The molecule has 0 aliphatic carbocycles. The van der Waals surface area contributed by atoms with Crippen LogP contribution in [-0.4, -0.2) is 30.0 Å². The van der Waals surface area contributed by atoms with Gasteiger partial charge in [0.15, 0.2) is 0 Å². The summed E-state index contributed by atoms with van der Waals surface area (Å²) in [4.78, 5) is 14.8. The van der Waals surface area contributed by atoms with Gasteiger partial charge in [0.05, 0.1) is 24.7 Å². The minimum Gasteiger partial charge on any atom is -0.496 e. The maximum atomic E-state index is 12.7. The Morgan fingerprint density at radius 2 is 1.85 bits per heavy atom. The molecule has 0 spiro atoms. The fourth-order valence-electron chi connectivity index (χ4n) is 3.63. The lowest BCUT2D eigenvalue weighted by molar-refractivity contribution is 0.406. The van der Waals surface area contributed by atoms with Crippen LogP contribution in [0.3, 0.4) is 0 Å². The molecule has 138 valence electrons. The number of nitrogens with zero attached hydrogens (tertiary/aromatic N) is 3. The SMILES string of the molecule is COc1ccccc1C1CCN(c2cnn(-c3ccccc3)c(=O)c2Cl)C1. The van der Waals surface area contributed by atoms with Gasteiger partial charge in [-0.2, -0.15) is 9.78 Å². The molecule has 1 fully saturated rings. The van der Waals surface area contributed by atoms with E-state index in [0.29, 0.717) is 17.3 Å². The van der Waals surface area contributed by atoms with Crippen molar-refractivity contribution in [3.8, 4) is 11.4 Å². The van der Waals surface area contributed by atoms with E-state index in [2.05, 4.69) is 16.1 Å². The first-order valence-electron chi connectivity index (χ1n) is 8.90. The number of ether oxygens (including phenoxy) is 1. The topological polar surface area (TPSA) is 47.4 Å². The van der Waals surface area contributed by atoms with Gasteiger partial charge in [-0.25, -0.2) is 0 Å². The quantitative estimate of drug-likeness (QED) is 0.688. The zero-order valence-electron chi connectivity index (χ0n) is 15.0. The predicted molar refractivity (Wildman–Crippen MR) is 107 cm³/mol. The largest absolute Gasteiger partial charge is 0.496 e. The summed E-state index contributed by atoms with van der Waals surface area (Å²) in [6.07, 6.45) is 2.65. The van der Waals surface area contributed by atoms with E-state index in [-0.39, 0.29) is 10.6 Å². The molecular weight excluding hydrogens is 362 g/mol. The molecule has 27 heavy (non-hydrogen) atoms. The molecule has 1 aliphatic heterocycles. The predicted octanol–water partition coefficient (Wildman–Crippen LogP) is 3.89. The number of aromatic nitrogens is 2. The Morgan fingerprint density at radius 1 is 1.11 bits per heavy atom. The summed E-state index contributed by atoms with van der Waals surface area (Å²) in [5.41, 5.74) is 2.26. The Labute approximate surface area is 162 Å². The fourth-order valence-corrected chi connectivity index (χ4v) is 3.88. The van der Waals surface area contributed by atoms with Gasteiger partial charge in [-0.1, -0.05) is 48.0 Å². The van der Waals surface area contributed by atoms with Crippen LogP contribution in [-0.2, 0) is 0 Å². The van der Waals surface area contributed by atoms with Crippen LogP contribution in [0.15, 0.2) is 65.6 Å². The third-order valence-electron chi connectivity index (χ3n) is 5.01. The molecule has 1 aromatic heterocycles. The standard InChI is InChI=1S/C21H20ClN3O2/c1-27-19-10-6-5-9-17(19)15-11-12-24(14-15)18-13-23-25(21(26)20(18)22)16-7-3-2-4-8-16/h2-10,13,15H,11-12,14H2,1H3. The first kappa shape index (κ1) is 17.6. The maximum Gasteiger partial charge on any atom is 0.292 e. The van der Waals surface area contributed by atoms with E-state index in [1.165, 1.54) is 10.2 Å². The molecule has 6 heteroatoms. The van der Waals surface area contributed by atoms with Crippen LogP contribution >= 0.6 is 11.6 Å². The smallest absolute Gasteiger partial charge is 0.292 e. The lowest BCUT2D eigenvalue weighted by Crippen LogP contribution is -2.27. The molecule has 4 rings (SSSR count). The zero-order valence-corrected chi connectivity index (χ0v) is 15.8. The zero-order chi connectivity index (χ0) is 18.8. The Morgan fingerprint density at radius 3 is 2.63 bits per heavy atom. The molecule has 0 bridgehead atoms. The highest BCUT2D eigenvalue weighted by atomic mass is 35.5. The third-order valence-corrected chi connectivity index (χ3v) is 5.36. The average molecular weight is 382 g/mol. The van der Waals surface area contributed by atoms with Crippen molar-refractivity contribution >= 4 is 17.3 Å². The highest BCUT2D eigenvalue weighted by Crippen LogP contribution is 2.36. The number of hydrogen-bond acceptors (Lipinski definition) is 4. The second kappa shape index (κ2) is 7.45. The van der Waals surface area contributed by atoms with Crippen molar-refractivity contribution in [2.24, 2.45) is 0 Å². The van der Waals surface area contributed by atoms with Crippen molar-refractivity contribution in [1.82, 2.24) is 9.78 Å². The summed E-state index contributed by atoms with van der Waals surface area (Å²) in [6.45, 7) is 1.59. The van der Waals surface area contributed by atoms with E-state index in [4.69, 9.17) is 16.3 Å². The van der Waals surface area contributed by atoms with Crippen molar-refractivity contribution < 1.29 is 4.74 Å². The van der Waals surface area contributed by atoms with Crippen LogP contribution in [0.5, 0.6) is 5.75 Å². The third kappa shape index (κ3) is 3.30. The maximum absolute atomic E-state index is 12.7. The summed E-state index contributed by atoms with van der Waals surface area (Å²) >= 11 is 6.44. The summed E-state index contributed by atoms with van der Waals surface area (Å²) in [7, 11) is 1.69. The average Bonchev–Trinajstić information content (AvgIpc) is 3.20. The number of halogens is 1. The molecule has 1 atom stereocenters. The van der Waals surface area contributed by atoms with E-state index in [0.717, 1.165) is 25.3 Å². The number of hydrogen-bond donors (Lipinski definition) is 0. The van der Waals surface area contributed by atoms with E-state index < -0.39 is 0 Å². The summed E-state index contributed by atoms with van der Waals surface area (Å²) in [5.74, 6) is 1.22. The number of rotatable bonds is 4. The molecule has 2 heterocycles. The Bertz CT molecular complexity index is 1000. The van der Waals surface area contributed by atoms with Crippen LogP contribution in [0.4, 0.5) is 5.69 Å². The van der Waals surface area contributed by atoms with Crippen LogP contribution in [0.25, 0.3) is 5.69 Å². The van der Waals surface area contributed by atoms with Crippen LogP contribution < -0.4 is 15.2 Å². The van der Waals surface area contributed by atoms with E-state index in [1.54, 1.807) is 13.3 Å². The van der Waals surface area contributed by atoms with Gasteiger partial charge in [0.25, 0.3) is 5.56 Å². The van der Waals surface area contributed by atoms with Gasteiger partial charge in [-0.05, 0) is 30.2 Å². The van der Waals surface area contributed by atoms with Crippen molar-refractivity contribution in [3.05, 3.63) is 81.7 Å². The number of methoxy groups -OCH3 is 1. The first-order valence-corrected chi connectivity index (χ1v) is 9.28. The fraction of sp³-hybridized carbons (Fsp3) is 0.238. The Balaban J connectivity index is 1.62. The summed E-state index contributed by atoms with van der Waals surface area (Å²) in [6, 6.07) is 17.4. The molecule has 0 N–H and O–H groups in total. The van der Waals surface area contributed by atoms with Crippen LogP contribution in [0.2, 0.25) is 5.02 Å². The van der Waals surface area contributed by atoms with Gasteiger partial charge in [-0.3, -0.25) is 4.79 Å². The monoisotopic (exact) mass is 381 g/mol. The van der Waals surface area contributed by atoms with E-state index in [1.807, 2.05) is 48.5 Å². The number of para-hydroxylation sites is 2. The van der Waals surface area contributed by atoms with Crippen molar-refractivity contribution in [2.75, 3.05) is 25.1 Å². The highest BCUT2D eigenvalue weighted by Gasteiger charge is 2.28. The summed E-state index contributed by atoms with van der Waals surface area (Å²) in [5, 5.41) is 4.54. The lowest BCUT2D eigenvalue weighted by Gasteiger charge is -2.20. The van der Waals surface area contributed by atoms with Crippen LogP contribution in [0.1, 0.15) is 17.9 Å². The molecule has 0 amide bonds. The molecule has 0 radical (unpaired) electrons. The minimum absolute atomic E-state index is 0.203. The molecular formula is C21H20ClN3O2. The van der Waals surface area contributed by atoms with Crippen molar-refractivity contribution in [3.63, 3.8) is 0 Å². The van der Waals surface area contributed by atoms with Crippen LogP contribution in [0, 0.1) is 0 Å². The Kier molecular flexibility index (Phi) is 4.86. The van der Waals surface area contributed by atoms with Crippen molar-refractivity contribution in [2.45, 2.75) is 12.3 Å². The van der Waals surface area contributed by atoms with Gasteiger partial charge in [0, 0.05) is 19.0 Å².